The first kappa shape index (κ1) is 20.1. The number of carbonyl (C=O) groups excluding carboxylic acids is 2. The van der Waals surface area contributed by atoms with Crippen molar-refractivity contribution in [2.75, 3.05) is 11.9 Å². The molecule has 150 valence electrons. The molecule has 0 aliphatic heterocycles. The van der Waals surface area contributed by atoms with Crippen molar-refractivity contribution < 1.29 is 18.4 Å². The number of amides is 2. The Balaban J connectivity index is 1.38. The highest BCUT2D eigenvalue weighted by Gasteiger charge is 2.10. The van der Waals surface area contributed by atoms with Gasteiger partial charge >= 0.3 is 0 Å². The van der Waals surface area contributed by atoms with E-state index in [0.29, 0.717) is 17.2 Å². The second-order valence-electron chi connectivity index (χ2n) is 6.44. The molecular weight excluding hydrogens is 375 g/mol. The minimum absolute atomic E-state index is 0.0319. The van der Waals surface area contributed by atoms with Crippen molar-refractivity contribution in [3.63, 3.8) is 0 Å². The number of benzene rings is 2. The molecule has 2 aromatic carbocycles. The fourth-order valence-corrected chi connectivity index (χ4v) is 2.49. The molecule has 0 saturated carbocycles. The van der Waals surface area contributed by atoms with Crippen LogP contribution in [0.3, 0.4) is 0 Å². The lowest BCUT2D eigenvalue weighted by atomic mass is 10.2. The smallest absolute Gasteiger partial charge is 0.257 e. The number of carbonyl (C=O) groups is 2. The number of oxazole rings is 1. The zero-order valence-electron chi connectivity index (χ0n) is 15.9. The van der Waals surface area contributed by atoms with Gasteiger partial charge in [0.15, 0.2) is 11.7 Å². The van der Waals surface area contributed by atoms with Crippen molar-refractivity contribution >= 4 is 17.5 Å². The second-order valence-corrected chi connectivity index (χ2v) is 6.44. The molecule has 8 heteroatoms. The summed E-state index contributed by atoms with van der Waals surface area (Å²) < 4.78 is 18.5. The Morgan fingerprint density at radius 1 is 1.00 bits per heavy atom. The van der Waals surface area contributed by atoms with Gasteiger partial charge in [0, 0.05) is 24.1 Å². The molecule has 0 fully saturated rings. The van der Waals surface area contributed by atoms with Crippen LogP contribution in [0.15, 0.2) is 59.1 Å². The molecule has 3 N–H and O–H groups in total. The van der Waals surface area contributed by atoms with Crippen LogP contribution in [0.5, 0.6) is 0 Å². The van der Waals surface area contributed by atoms with Crippen LogP contribution >= 0.6 is 0 Å². The maximum Gasteiger partial charge on any atom is 0.257 e. The highest BCUT2D eigenvalue weighted by Crippen LogP contribution is 2.21. The molecule has 7 nitrogen and oxygen atoms in total. The molecule has 3 rings (SSSR count). The molecular formula is C21H21FN4O3. The average molecular weight is 396 g/mol. The van der Waals surface area contributed by atoms with Gasteiger partial charge < -0.3 is 9.73 Å². The predicted molar refractivity (Wildman–Crippen MR) is 106 cm³/mol. The van der Waals surface area contributed by atoms with Crippen molar-refractivity contribution in [2.24, 2.45) is 0 Å². The Labute approximate surface area is 167 Å². The first-order valence-corrected chi connectivity index (χ1v) is 9.08. The second kappa shape index (κ2) is 9.50. The van der Waals surface area contributed by atoms with Crippen LogP contribution in [0, 0.1) is 12.7 Å². The van der Waals surface area contributed by atoms with E-state index < -0.39 is 0 Å². The predicted octanol–water partition coefficient (Wildman–Crippen LogP) is 2.98. The van der Waals surface area contributed by atoms with Crippen molar-refractivity contribution in [1.29, 1.82) is 0 Å². The Morgan fingerprint density at radius 2 is 1.69 bits per heavy atom. The summed E-state index contributed by atoms with van der Waals surface area (Å²) in [6.45, 7) is 2.01. The number of rotatable bonds is 7. The van der Waals surface area contributed by atoms with E-state index in [0.717, 1.165) is 11.3 Å². The van der Waals surface area contributed by atoms with Gasteiger partial charge in [-0.2, -0.15) is 0 Å². The number of hydrogen-bond acceptors (Lipinski definition) is 5. The Hall–Kier alpha value is -3.68. The minimum Gasteiger partial charge on any atom is -0.441 e. The summed E-state index contributed by atoms with van der Waals surface area (Å²) in [6.07, 6.45) is 1.89. The lowest BCUT2D eigenvalue weighted by Gasteiger charge is -2.09. The van der Waals surface area contributed by atoms with Crippen LogP contribution in [-0.2, 0) is 16.0 Å². The van der Waals surface area contributed by atoms with Crippen molar-refractivity contribution in [1.82, 2.24) is 15.8 Å². The number of anilines is 1. The highest BCUT2D eigenvalue weighted by atomic mass is 19.1. The third-order valence-corrected chi connectivity index (χ3v) is 4.09. The molecule has 0 aliphatic rings. The van der Waals surface area contributed by atoms with Gasteiger partial charge in [-0.3, -0.25) is 20.4 Å². The van der Waals surface area contributed by atoms with Crippen LogP contribution in [0.4, 0.5) is 10.1 Å². The number of nitrogens with one attached hydrogen (secondary N) is 3. The highest BCUT2D eigenvalue weighted by molar-refractivity contribution is 5.84. The van der Waals surface area contributed by atoms with Gasteiger partial charge in [0.2, 0.25) is 5.91 Å². The Morgan fingerprint density at radius 3 is 2.41 bits per heavy atom. The van der Waals surface area contributed by atoms with Crippen molar-refractivity contribution in [2.45, 2.75) is 19.8 Å². The van der Waals surface area contributed by atoms with Crippen LogP contribution in [0.25, 0.3) is 11.3 Å². The van der Waals surface area contributed by atoms with E-state index in [-0.39, 0.29) is 37.0 Å². The van der Waals surface area contributed by atoms with Gasteiger partial charge in [-0.05, 0) is 43.3 Å². The SMILES string of the molecule is Cc1ccc(NCC(=O)NNC(=O)CCc2ncc(-c3ccc(F)cc3)o2)cc1. The van der Waals surface area contributed by atoms with Crippen LogP contribution in [0.1, 0.15) is 17.9 Å². The van der Waals surface area contributed by atoms with Crippen LogP contribution in [-0.4, -0.2) is 23.3 Å². The van der Waals surface area contributed by atoms with E-state index in [1.165, 1.54) is 18.3 Å². The molecule has 0 atom stereocenters. The summed E-state index contributed by atoms with van der Waals surface area (Å²) in [6, 6.07) is 13.5. The summed E-state index contributed by atoms with van der Waals surface area (Å²) in [5, 5.41) is 2.96. The first-order chi connectivity index (χ1) is 14.0. The third-order valence-electron chi connectivity index (χ3n) is 4.09. The lowest BCUT2D eigenvalue weighted by molar-refractivity contribution is -0.128. The van der Waals surface area contributed by atoms with Crippen molar-refractivity contribution in [3.8, 4) is 11.3 Å². The molecule has 0 saturated heterocycles. The quantitative estimate of drug-likeness (QED) is 0.534. The summed E-state index contributed by atoms with van der Waals surface area (Å²) >= 11 is 0. The van der Waals surface area contributed by atoms with Crippen molar-refractivity contribution in [3.05, 3.63) is 72.0 Å². The molecule has 2 amide bonds. The molecule has 3 aromatic rings. The van der Waals surface area contributed by atoms with E-state index in [1.807, 2.05) is 31.2 Å². The normalized spacial score (nSPS) is 10.4. The number of nitrogens with zero attached hydrogens (tertiary/aromatic N) is 1. The monoisotopic (exact) mass is 396 g/mol. The number of halogens is 1. The summed E-state index contributed by atoms with van der Waals surface area (Å²) in [5.41, 5.74) is 7.34. The number of hydrogen-bond donors (Lipinski definition) is 3. The van der Waals surface area contributed by atoms with Gasteiger partial charge in [-0.15, -0.1) is 0 Å². The number of aromatic nitrogens is 1. The summed E-state index contributed by atoms with van der Waals surface area (Å²) in [5.74, 6) is -0.187. The summed E-state index contributed by atoms with van der Waals surface area (Å²) in [4.78, 5) is 27.8. The molecule has 29 heavy (non-hydrogen) atoms. The largest absolute Gasteiger partial charge is 0.441 e. The fraction of sp³-hybridized carbons (Fsp3) is 0.190. The van der Waals surface area contributed by atoms with Gasteiger partial charge in [0.1, 0.15) is 5.82 Å². The molecule has 0 radical (unpaired) electrons. The minimum atomic E-state index is -0.367. The van der Waals surface area contributed by atoms with Gasteiger partial charge in [0.05, 0.1) is 12.7 Å². The molecule has 0 unspecified atom stereocenters. The lowest BCUT2D eigenvalue weighted by Crippen LogP contribution is -2.44. The Kier molecular flexibility index (Phi) is 6.57. The van der Waals surface area contributed by atoms with E-state index in [1.54, 1.807) is 12.1 Å². The zero-order valence-corrected chi connectivity index (χ0v) is 15.9. The van der Waals surface area contributed by atoms with Crippen LogP contribution in [0.2, 0.25) is 0 Å². The molecule has 0 aliphatic carbocycles. The maximum atomic E-state index is 13.0. The zero-order chi connectivity index (χ0) is 20.6. The van der Waals surface area contributed by atoms with Gasteiger partial charge in [0.25, 0.3) is 5.91 Å². The summed E-state index contributed by atoms with van der Waals surface area (Å²) in [7, 11) is 0. The number of aryl methyl sites for hydroxylation is 2. The maximum absolute atomic E-state index is 13.0. The third kappa shape index (κ3) is 6.17. The van der Waals surface area contributed by atoms with E-state index >= 15 is 0 Å². The topological polar surface area (TPSA) is 96.3 Å². The molecule has 0 bridgehead atoms. The van der Waals surface area contributed by atoms with Gasteiger partial charge in [-0.25, -0.2) is 9.37 Å². The van der Waals surface area contributed by atoms with Crippen LogP contribution < -0.4 is 16.2 Å². The fourth-order valence-electron chi connectivity index (χ4n) is 2.49. The molecule has 1 aromatic heterocycles. The van der Waals surface area contributed by atoms with E-state index in [2.05, 4.69) is 21.2 Å². The van der Waals surface area contributed by atoms with Gasteiger partial charge in [-0.1, -0.05) is 17.7 Å². The number of hydrazine groups is 1. The Bertz CT molecular complexity index is 968. The molecule has 0 spiro atoms. The van der Waals surface area contributed by atoms with E-state index in [9.17, 15) is 14.0 Å². The standard InChI is InChI=1S/C21H21FN4O3/c1-14-2-8-17(9-3-14)23-13-20(28)26-25-19(27)10-11-21-24-12-18(29-21)15-4-6-16(22)7-5-15/h2-9,12,23H,10-11,13H2,1H3,(H,25,27)(H,26,28). The van der Waals surface area contributed by atoms with E-state index in [4.69, 9.17) is 4.42 Å². The average Bonchev–Trinajstić information content (AvgIpc) is 3.20. The first-order valence-electron chi connectivity index (χ1n) is 9.08. The molecule has 1 heterocycles.